The molecule has 0 fully saturated rings. The molecule has 0 unspecified atom stereocenters. The summed E-state index contributed by atoms with van der Waals surface area (Å²) in [5, 5.41) is 0. The number of nitrogens with zero attached hydrogens (tertiary/aromatic N) is 2. The highest BCUT2D eigenvalue weighted by atomic mass is 19.1. The minimum absolute atomic E-state index is 0.885. The molecule has 0 N–H and O–H groups in total. The molecule has 1 aromatic heterocycles. The fraction of sp³-hybridized carbons (Fsp3) is 0.310. The first-order chi connectivity index (χ1) is 15.7. The Morgan fingerprint density at radius 3 is 2.58 bits per heavy atom. The number of anilines is 1. The van der Waals surface area contributed by atoms with Gasteiger partial charge >= 0.3 is 7.12 Å². The van der Waals surface area contributed by atoms with Gasteiger partial charge in [-0.2, -0.15) is 0 Å². The quantitative estimate of drug-likeness (QED) is 0.331. The number of hydrogen-bond donors (Lipinski definition) is 0. The van der Waals surface area contributed by atoms with E-state index in [0.29, 0.717) is 0 Å². The van der Waals surface area contributed by atoms with Gasteiger partial charge in [0.05, 0.1) is 0 Å². The van der Waals surface area contributed by atoms with Gasteiger partial charge in [-0.25, -0.2) is 0 Å². The topological polar surface area (TPSA) is 8.17 Å². The van der Waals surface area contributed by atoms with Crippen LogP contribution in [-0.2, 0) is 12.8 Å². The summed E-state index contributed by atoms with van der Waals surface area (Å²) in [4.78, 5) is 2.38. The van der Waals surface area contributed by atoms with Gasteiger partial charge in [-0.3, -0.25) is 0 Å². The van der Waals surface area contributed by atoms with E-state index in [1.54, 1.807) is 11.3 Å². The molecule has 4 rings (SSSR count). The first-order valence-electron chi connectivity index (χ1n) is 11.9. The number of hydrogen-bond acceptors (Lipinski definition) is 1. The van der Waals surface area contributed by atoms with Crippen molar-refractivity contribution < 1.29 is 4.32 Å². The zero-order chi connectivity index (χ0) is 23.7. The van der Waals surface area contributed by atoms with Crippen molar-refractivity contribution in [2.24, 2.45) is 0 Å². The van der Waals surface area contributed by atoms with Gasteiger partial charge in [0.25, 0.3) is 0 Å². The van der Waals surface area contributed by atoms with Crippen molar-refractivity contribution in [3.05, 3.63) is 93.5 Å². The molecule has 2 nitrogen and oxygen atoms in total. The number of aryl methyl sites for hydroxylation is 2. The molecule has 2 aliphatic rings. The summed E-state index contributed by atoms with van der Waals surface area (Å²) in [6, 6.07) is 6.67. The number of halogens is 1. The Morgan fingerprint density at radius 2 is 1.85 bits per heavy atom. The van der Waals surface area contributed by atoms with E-state index in [1.807, 2.05) is 6.92 Å². The lowest BCUT2D eigenvalue weighted by Gasteiger charge is -2.33. The molecule has 170 valence electrons. The van der Waals surface area contributed by atoms with Crippen LogP contribution in [0.4, 0.5) is 10.0 Å². The predicted molar refractivity (Wildman–Crippen MR) is 143 cm³/mol. The molecule has 0 spiro atoms. The van der Waals surface area contributed by atoms with Gasteiger partial charge in [-0.1, -0.05) is 30.4 Å². The second-order valence-corrected chi connectivity index (χ2v) is 9.49. The van der Waals surface area contributed by atoms with Gasteiger partial charge in [0, 0.05) is 29.8 Å². The molecular formula is C29H34BFN2. The molecular weight excluding hydrogens is 406 g/mol. The third-order valence-electron chi connectivity index (χ3n) is 6.59. The smallest absolute Gasteiger partial charge is 0.356 e. The monoisotopic (exact) mass is 440 g/mol. The van der Waals surface area contributed by atoms with E-state index in [2.05, 4.69) is 87.0 Å². The van der Waals surface area contributed by atoms with E-state index in [1.165, 1.54) is 28.8 Å². The van der Waals surface area contributed by atoms with Crippen molar-refractivity contribution in [3.8, 4) is 0 Å². The Bertz CT molecular complexity index is 1210. The first kappa shape index (κ1) is 23.2. The van der Waals surface area contributed by atoms with Crippen LogP contribution >= 0.6 is 0 Å². The Balaban J connectivity index is 1.70. The normalized spacial score (nSPS) is 15.9. The second kappa shape index (κ2) is 9.47. The van der Waals surface area contributed by atoms with Crippen LogP contribution in [0.2, 0.25) is 6.82 Å². The molecule has 0 saturated heterocycles. The van der Waals surface area contributed by atoms with Crippen LogP contribution in [0.15, 0.2) is 59.8 Å². The largest absolute Gasteiger partial charge is 0.462 e. The Morgan fingerprint density at radius 1 is 1.09 bits per heavy atom. The SMILES string of the molecule is C=C(C)/C=C(C)\C(C)=C\c1c(C)cc(/C=C/c2cc3c4c(c2)CCCN4C=CC3)n1B(C)F. The molecule has 0 atom stereocenters. The van der Waals surface area contributed by atoms with Crippen LogP contribution in [0, 0.1) is 6.92 Å². The highest BCUT2D eigenvalue weighted by Gasteiger charge is 2.22. The van der Waals surface area contributed by atoms with Crippen LogP contribution in [0.3, 0.4) is 0 Å². The zero-order valence-electron chi connectivity index (χ0n) is 20.6. The van der Waals surface area contributed by atoms with E-state index >= 15 is 0 Å². The van der Waals surface area contributed by atoms with Crippen LogP contribution < -0.4 is 4.90 Å². The molecule has 2 aliphatic heterocycles. The van der Waals surface area contributed by atoms with Crippen LogP contribution in [0.5, 0.6) is 0 Å². The van der Waals surface area contributed by atoms with Crippen molar-refractivity contribution in [2.45, 2.75) is 53.8 Å². The highest BCUT2D eigenvalue weighted by molar-refractivity contribution is 6.48. The average Bonchev–Trinajstić information content (AvgIpc) is 3.07. The number of rotatable bonds is 6. The maximum absolute atomic E-state index is 14.8. The maximum atomic E-state index is 14.8. The van der Waals surface area contributed by atoms with Crippen LogP contribution in [0.1, 0.15) is 60.8 Å². The molecule has 0 bridgehead atoms. The van der Waals surface area contributed by atoms with Gasteiger partial charge in [-0.05, 0) is 118 Å². The summed E-state index contributed by atoms with van der Waals surface area (Å²) in [6.45, 7) is 14.8. The Labute approximate surface area is 198 Å². The molecule has 3 heterocycles. The molecule has 33 heavy (non-hydrogen) atoms. The minimum atomic E-state index is -1.12. The number of aromatic nitrogens is 1. The lowest BCUT2D eigenvalue weighted by Crippen LogP contribution is -2.27. The highest BCUT2D eigenvalue weighted by Crippen LogP contribution is 2.36. The summed E-state index contributed by atoms with van der Waals surface area (Å²) in [6.07, 6.45) is 16.1. The van der Waals surface area contributed by atoms with Crippen molar-refractivity contribution >= 4 is 31.0 Å². The molecule has 0 aliphatic carbocycles. The van der Waals surface area contributed by atoms with E-state index in [4.69, 9.17) is 0 Å². The predicted octanol–water partition coefficient (Wildman–Crippen LogP) is 7.65. The summed E-state index contributed by atoms with van der Waals surface area (Å²) in [5.41, 5.74) is 11.5. The molecule has 0 radical (unpaired) electrons. The Hall–Kier alpha value is -3.01. The fourth-order valence-electron chi connectivity index (χ4n) is 4.99. The van der Waals surface area contributed by atoms with E-state index in [-0.39, 0.29) is 0 Å². The van der Waals surface area contributed by atoms with Crippen molar-refractivity contribution in [1.29, 1.82) is 0 Å². The van der Waals surface area contributed by atoms with Gasteiger partial charge in [0.1, 0.15) is 0 Å². The molecule has 0 amide bonds. The average molecular weight is 440 g/mol. The fourth-order valence-corrected chi connectivity index (χ4v) is 4.99. The lowest BCUT2D eigenvalue weighted by atomic mass is 9.90. The maximum Gasteiger partial charge on any atom is 0.462 e. The third kappa shape index (κ3) is 4.85. The number of allylic oxidation sites excluding steroid dienone is 5. The third-order valence-corrected chi connectivity index (χ3v) is 6.59. The molecule has 0 saturated carbocycles. The minimum Gasteiger partial charge on any atom is -0.356 e. The standard InChI is InChI=1S/C29H34BFN2/c1-20(2)15-21(3)22(4)17-28-23(5)16-27(33(28)30(6)31)12-11-24-18-25-9-7-13-32-14-8-10-26(19-24)29(25)32/h7,11-13,15-19H,1,8-10,14H2,2-6H3/b12-11+,21-15-,22-17+. The van der Waals surface area contributed by atoms with Crippen molar-refractivity contribution in [1.82, 2.24) is 4.48 Å². The van der Waals surface area contributed by atoms with Gasteiger partial charge in [-0.15, -0.1) is 0 Å². The molecule has 2 aromatic rings. The van der Waals surface area contributed by atoms with E-state index in [0.717, 1.165) is 53.1 Å². The summed E-state index contributed by atoms with van der Waals surface area (Å²) in [7, 11) is -1.12. The Kier molecular flexibility index (Phi) is 6.64. The molecule has 1 aromatic carbocycles. The van der Waals surface area contributed by atoms with E-state index in [9.17, 15) is 4.32 Å². The van der Waals surface area contributed by atoms with Crippen molar-refractivity contribution in [2.75, 3.05) is 11.4 Å². The summed E-state index contributed by atoms with van der Waals surface area (Å²) >= 11 is 0. The van der Waals surface area contributed by atoms with Gasteiger partial charge < -0.3 is 13.7 Å². The van der Waals surface area contributed by atoms with Crippen molar-refractivity contribution in [3.63, 3.8) is 0 Å². The second-order valence-electron chi connectivity index (χ2n) is 9.49. The molecule has 4 heteroatoms. The van der Waals surface area contributed by atoms with Gasteiger partial charge in [0.15, 0.2) is 0 Å². The van der Waals surface area contributed by atoms with Gasteiger partial charge in [0.2, 0.25) is 0 Å². The van der Waals surface area contributed by atoms with Crippen LogP contribution in [0.25, 0.3) is 18.2 Å². The lowest BCUT2D eigenvalue weighted by molar-refractivity contribution is 0.751. The summed E-state index contributed by atoms with van der Waals surface area (Å²) in [5.74, 6) is 0. The zero-order valence-corrected chi connectivity index (χ0v) is 20.6. The van der Waals surface area contributed by atoms with E-state index < -0.39 is 7.12 Å². The number of benzene rings is 1. The summed E-state index contributed by atoms with van der Waals surface area (Å²) < 4.78 is 16.6. The first-order valence-corrected chi connectivity index (χ1v) is 11.9. The van der Waals surface area contributed by atoms with Crippen LogP contribution in [-0.4, -0.2) is 18.1 Å².